The van der Waals surface area contributed by atoms with Crippen molar-refractivity contribution >= 4 is 69.1 Å². The second kappa shape index (κ2) is 12.2. The maximum Gasteiger partial charge on any atom is 0.341 e. The molecule has 1 aliphatic heterocycles. The number of hydrogen-bond donors (Lipinski definition) is 1. The number of ether oxygens (including phenoxy) is 1. The number of esters is 1. The summed E-state index contributed by atoms with van der Waals surface area (Å²) in [6.07, 6.45) is 2.73. The van der Waals surface area contributed by atoms with Crippen molar-refractivity contribution in [2.24, 2.45) is 11.3 Å². The van der Waals surface area contributed by atoms with Crippen LogP contribution in [0.4, 0.5) is 10.7 Å². The highest BCUT2D eigenvalue weighted by Gasteiger charge is 2.44. The number of anilines is 2. The number of rotatable bonds is 7. The van der Waals surface area contributed by atoms with Crippen LogP contribution in [0.15, 0.2) is 53.4 Å². The average Bonchev–Trinajstić information content (AvgIpc) is 3.45. The molecule has 3 amide bonds. The second-order valence-corrected chi connectivity index (χ2v) is 14.5. The second-order valence-electron chi connectivity index (χ2n) is 11.7. The van der Waals surface area contributed by atoms with Gasteiger partial charge in [0, 0.05) is 26.9 Å². The largest absolute Gasteiger partial charge is 0.465 e. The highest BCUT2D eigenvalue weighted by atomic mass is 35.5. The van der Waals surface area contributed by atoms with Crippen molar-refractivity contribution in [2.45, 2.75) is 63.0 Å². The Bertz CT molecular complexity index is 1530. The van der Waals surface area contributed by atoms with Crippen molar-refractivity contribution < 1.29 is 23.9 Å². The van der Waals surface area contributed by atoms with Gasteiger partial charge in [-0.05, 0) is 78.1 Å². The number of nitrogens with zero attached hydrogens (tertiary/aromatic N) is 1. The Labute approximate surface area is 259 Å². The van der Waals surface area contributed by atoms with Gasteiger partial charge in [0.25, 0.3) is 0 Å². The maximum atomic E-state index is 13.6. The molecule has 2 aliphatic rings. The molecule has 0 saturated carbocycles. The summed E-state index contributed by atoms with van der Waals surface area (Å²) < 4.78 is 5.10. The van der Waals surface area contributed by atoms with Crippen molar-refractivity contribution in [3.63, 3.8) is 0 Å². The SMILES string of the molecule is COC(=O)c1c(N2C(=O)C[C@H](Sc3ccc(NC(=O)Cc4ccc(Cl)cc4)cc3)C2=O)sc2c1CC[C@@H](C(C)(C)C)C2. The van der Waals surface area contributed by atoms with E-state index in [0.29, 0.717) is 27.2 Å². The van der Waals surface area contributed by atoms with E-state index in [9.17, 15) is 19.2 Å². The summed E-state index contributed by atoms with van der Waals surface area (Å²) in [5, 5.41) is 3.26. The van der Waals surface area contributed by atoms with Gasteiger partial charge in [0.05, 0.1) is 24.3 Å². The summed E-state index contributed by atoms with van der Waals surface area (Å²) >= 11 is 8.59. The number of amides is 3. The zero-order valence-corrected chi connectivity index (χ0v) is 26.4. The predicted octanol–water partition coefficient (Wildman–Crippen LogP) is 6.94. The Morgan fingerprint density at radius 3 is 2.40 bits per heavy atom. The fourth-order valence-electron chi connectivity index (χ4n) is 5.46. The minimum Gasteiger partial charge on any atom is -0.465 e. The minimum absolute atomic E-state index is 0.0386. The average molecular weight is 625 g/mol. The summed E-state index contributed by atoms with van der Waals surface area (Å²) in [5.74, 6) is -0.873. The first-order chi connectivity index (χ1) is 19.9. The lowest BCUT2D eigenvalue weighted by atomic mass is 9.72. The van der Waals surface area contributed by atoms with E-state index in [1.807, 2.05) is 24.3 Å². The summed E-state index contributed by atoms with van der Waals surface area (Å²) in [5.41, 5.74) is 2.87. The van der Waals surface area contributed by atoms with E-state index in [2.05, 4.69) is 26.1 Å². The van der Waals surface area contributed by atoms with Gasteiger partial charge in [0.1, 0.15) is 5.00 Å². The number of halogens is 1. The fraction of sp³-hybridized carbons (Fsp3) is 0.375. The predicted molar refractivity (Wildman–Crippen MR) is 168 cm³/mol. The number of carbonyl (C=O) groups is 4. The van der Waals surface area contributed by atoms with E-state index in [4.69, 9.17) is 16.3 Å². The standard InChI is InChI=1S/C32H33ClN2O5S2/c1-32(2,3)19-7-14-23-24(16-19)42-30(28(23)31(39)40-4)35-27(37)17-25(29(35)38)41-22-12-10-21(11-13-22)34-26(36)15-18-5-8-20(33)9-6-18/h5-6,8-13,19,25H,7,14-17H2,1-4H3,(H,34,36)/t19-,25+/m1/s1. The van der Waals surface area contributed by atoms with Gasteiger partial charge < -0.3 is 10.1 Å². The number of carbonyl (C=O) groups excluding carboxylic acids is 4. The van der Waals surface area contributed by atoms with E-state index in [1.54, 1.807) is 24.3 Å². The van der Waals surface area contributed by atoms with Crippen LogP contribution in [-0.2, 0) is 38.4 Å². The van der Waals surface area contributed by atoms with Crippen LogP contribution in [0.3, 0.4) is 0 Å². The van der Waals surface area contributed by atoms with Crippen LogP contribution in [0, 0.1) is 11.3 Å². The van der Waals surface area contributed by atoms with Gasteiger partial charge in [-0.25, -0.2) is 9.69 Å². The van der Waals surface area contributed by atoms with Gasteiger partial charge in [-0.15, -0.1) is 23.1 Å². The van der Waals surface area contributed by atoms with Crippen LogP contribution in [0.5, 0.6) is 0 Å². The Kier molecular flexibility index (Phi) is 8.83. The molecule has 0 unspecified atom stereocenters. The molecule has 0 spiro atoms. The Hall–Kier alpha value is -3.14. The third kappa shape index (κ3) is 6.43. The number of methoxy groups -OCH3 is 1. The van der Waals surface area contributed by atoms with Crippen LogP contribution in [0.1, 0.15) is 60.0 Å². The molecular formula is C32H33ClN2O5S2. The lowest BCUT2D eigenvalue weighted by Crippen LogP contribution is -2.32. The molecular weight excluding hydrogens is 592 g/mol. The Morgan fingerprint density at radius 1 is 1.07 bits per heavy atom. The monoisotopic (exact) mass is 624 g/mol. The minimum atomic E-state index is -0.616. The number of imide groups is 1. The molecule has 1 aromatic heterocycles. The number of benzene rings is 2. The molecule has 10 heteroatoms. The summed E-state index contributed by atoms with van der Waals surface area (Å²) in [4.78, 5) is 55.2. The van der Waals surface area contributed by atoms with Gasteiger partial charge in [-0.3, -0.25) is 14.4 Å². The van der Waals surface area contributed by atoms with E-state index in [1.165, 1.54) is 35.1 Å². The smallest absolute Gasteiger partial charge is 0.341 e. The first-order valence-electron chi connectivity index (χ1n) is 13.8. The summed E-state index contributed by atoms with van der Waals surface area (Å²) in [6, 6.07) is 14.3. The van der Waals surface area contributed by atoms with Crippen LogP contribution >= 0.6 is 34.7 Å². The molecule has 2 atom stereocenters. The van der Waals surface area contributed by atoms with Crippen LogP contribution in [-0.4, -0.2) is 36.1 Å². The van der Waals surface area contributed by atoms with E-state index in [-0.39, 0.29) is 36.0 Å². The number of nitrogens with one attached hydrogen (secondary N) is 1. The van der Waals surface area contributed by atoms with Crippen molar-refractivity contribution in [1.29, 1.82) is 0 Å². The first-order valence-corrected chi connectivity index (χ1v) is 15.9. The highest BCUT2D eigenvalue weighted by Crippen LogP contribution is 2.47. The number of hydrogen-bond acceptors (Lipinski definition) is 7. The normalized spacial score (nSPS) is 18.6. The maximum absolute atomic E-state index is 13.6. The third-order valence-electron chi connectivity index (χ3n) is 7.86. The molecule has 1 saturated heterocycles. The first kappa shape index (κ1) is 30.3. The van der Waals surface area contributed by atoms with E-state index in [0.717, 1.165) is 40.2 Å². The molecule has 1 N–H and O–H groups in total. The lowest BCUT2D eigenvalue weighted by Gasteiger charge is -2.33. The molecule has 42 heavy (non-hydrogen) atoms. The number of fused-ring (bicyclic) bond motifs is 1. The topological polar surface area (TPSA) is 92.8 Å². The molecule has 7 nitrogen and oxygen atoms in total. The highest BCUT2D eigenvalue weighted by molar-refractivity contribution is 8.00. The van der Waals surface area contributed by atoms with Crippen molar-refractivity contribution in [1.82, 2.24) is 0 Å². The van der Waals surface area contributed by atoms with Gasteiger partial charge in [0.15, 0.2) is 0 Å². The van der Waals surface area contributed by atoms with E-state index < -0.39 is 11.2 Å². The van der Waals surface area contributed by atoms with Crippen LogP contribution in [0.25, 0.3) is 0 Å². The van der Waals surface area contributed by atoms with Crippen molar-refractivity contribution in [3.05, 3.63) is 75.1 Å². The van der Waals surface area contributed by atoms with Gasteiger partial charge in [0.2, 0.25) is 17.7 Å². The zero-order chi connectivity index (χ0) is 30.2. The molecule has 3 aromatic rings. The lowest BCUT2D eigenvalue weighted by molar-refractivity contribution is -0.121. The number of thioether (sulfide) groups is 1. The van der Waals surface area contributed by atoms with Gasteiger partial charge >= 0.3 is 5.97 Å². The van der Waals surface area contributed by atoms with Crippen LogP contribution in [0.2, 0.25) is 5.02 Å². The molecule has 220 valence electrons. The van der Waals surface area contributed by atoms with Gasteiger partial charge in [-0.2, -0.15) is 0 Å². The quantitative estimate of drug-likeness (QED) is 0.226. The molecule has 0 bridgehead atoms. The third-order valence-corrected chi connectivity index (χ3v) is 10.6. The molecule has 2 aromatic carbocycles. The zero-order valence-electron chi connectivity index (χ0n) is 24.0. The molecule has 2 heterocycles. The Balaban J connectivity index is 1.28. The van der Waals surface area contributed by atoms with Crippen LogP contribution < -0.4 is 10.2 Å². The van der Waals surface area contributed by atoms with E-state index >= 15 is 0 Å². The van der Waals surface area contributed by atoms with Crippen molar-refractivity contribution in [3.8, 4) is 0 Å². The molecule has 1 aliphatic carbocycles. The fourth-order valence-corrected chi connectivity index (χ4v) is 8.08. The molecule has 0 radical (unpaired) electrons. The Morgan fingerprint density at radius 2 is 1.76 bits per heavy atom. The summed E-state index contributed by atoms with van der Waals surface area (Å²) in [6.45, 7) is 6.65. The summed E-state index contributed by atoms with van der Waals surface area (Å²) in [7, 11) is 1.33. The molecule has 5 rings (SSSR count). The van der Waals surface area contributed by atoms with Gasteiger partial charge in [-0.1, -0.05) is 44.5 Å². The van der Waals surface area contributed by atoms with Crippen molar-refractivity contribution in [2.75, 3.05) is 17.3 Å². The molecule has 1 fully saturated rings. The number of thiophene rings is 1.